The molecular weight excluding hydrogens is 536 g/mol. The van der Waals surface area contributed by atoms with Gasteiger partial charge in [-0.2, -0.15) is 4.98 Å². The average Bonchev–Trinajstić information content (AvgIpc) is 3.00. The summed E-state index contributed by atoms with van der Waals surface area (Å²) in [6.45, 7) is 0. The van der Waals surface area contributed by atoms with Crippen LogP contribution in [0.1, 0.15) is 0 Å². The van der Waals surface area contributed by atoms with Gasteiger partial charge in [0, 0.05) is 23.5 Å². The highest BCUT2D eigenvalue weighted by atomic mass is 35.5. The summed E-state index contributed by atoms with van der Waals surface area (Å²) >= 11 is 6.17. The highest BCUT2D eigenvalue weighted by molar-refractivity contribution is 6.32. The van der Waals surface area contributed by atoms with Crippen molar-refractivity contribution in [2.24, 2.45) is 10.7 Å². The van der Waals surface area contributed by atoms with Gasteiger partial charge in [-0.25, -0.2) is 9.79 Å². The summed E-state index contributed by atoms with van der Waals surface area (Å²) in [5, 5.41) is 0.197. The molecule has 0 bridgehead atoms. The van der Waals surface area contributed by atoms with Crippen LogP contribution in [0, 0.1) is 0 Å². The van der Waals surface area contributed by atoms with E-state index in [1.165, 1.54) is 10.8 Å². The maximum absolute atomic E-state index is 12.6. The second kappa shape index (κ2) is 11.0. The molecule has 41 heavy (non-hydrogen) atoms. The number of rotatable bonds is 6. The molecule has 6 rings (SSSR count). The lowest BCUT2D eigenvalue weighted by atomic mass is 10.0. The lowest BCUT2D eigenvalue weighted by molar-refractivity contribution is 0.215. The van der Waals surface area contributed by atoms with Gasteiger partial charge in [-0.15, -0.1) is 0 Å². The number of hydrogen-bond donors (Lipinski definition) is 2. The van der Waals surface area contributed by atoms with E-state index >= 15 is 0 Å². The largest absolute Gasteiger partial charge is 0.450 e. The minimum Gasteiger partial charge on any atom is -0.450 e. The lowest BCUT2D eigenvalue weighted by Crippen LogP contribution is -2.39. The van der Waals surface area contributed by atoms with Crippen molar-refractivity contribution in [1.82, 2.24) is 9.55 Å². The van der Waals surface area contributed by atoms with Gasteiger partial charge in [0.25, 0.3) is 6.35 Å². The summed E-state index contributed by atoms with van der Waals surface area (Å²) in [5.41, 5.74) is 16.6. The third kappa shape index (κ3) is 5.28. The third-order valence-electron chi connectivity index (χ3n) is 6.65. The Morgan fingerprint density at radius 1 is 0.756 bits per heavy atom. The molecular formula is C32H25ClN6O2. The molecule has 4 aromatic carbocycles. The fraction of sp³-hybridized carbons (Fsp3) is 0.0312. The Kier molecular flexibility index (Phi) is 6.97. The second-order valence-electron chi connectivity index (χ2n) is 9.27. The van der Waals surface area contributed by atoms with Gasteiger partial charge in [-0.05, 0) is 41.5 Å². The van der Waals surface area contributed by atoms with Crippen LogP contribution in [0.3, 0.4) is 0 Å². The zero-order valence-corrected chi connectivity index (χ0v) is 22.5. The number of amidine groups is 1. The predicted octanol–water partition coefficient (Wildman–Crippen LogP) is 5.86. The van der Waals surface area contributed by atoms with E-state index in [9.17, 15) is 4.79 Å². The molecule has 0 aliphatic carbocycles. The maximum atomic E-state index is 12.6. The van der Waals surface area contributed by atoms with Crippen LogP contribution < -0.4 is 26.8 Å². The topological polar surface area (TPSA) is 112 Å². The summed E-state index contributed by atoms with van der Waals surface area (Å²) < 4.78 is 7.73. The molecule has 0 spiro atoms. The second-order valence-corrected chi connectivity index (χ2v) is 9.68. The number of nitrogen functional groups attached to an aromatic ring is 1. The fourth-order valence-electron chi connectivity index (χ4n) is 4.69. The van der Waals surface area contributed by atoms with Crippen molar-refractivity contribution < 1.29 is 4.74 Å². The maximum Gasteiger partial charge on any atom is 0.354 e. The van der Waals surface area contributed by atoms with Crippen molar-refractivity contribution in [3.05, 3.63) is 137 Å². The fourth-order valence-corrected chi connectivity index (χ4v) is 4.83. The van der Waals surface area contributed by atoms with Crippen LogP contribution >= 0.6 is 11.6 Å². The first-order chi connectivity index (χ1) is 20.0. The number of aliphatic imine (C=N–C) groups is 1. The van der Waals surface area contributed by atoms with Gasteiger partial charge in [0.1, 0.15) is 17.4 Å². The Morgan fingerprint density at radius 2 is 1.37 bits per heavy atom. The molecule has 0 radical (unpaired) electrons. The monoisotopic (exact) mass is 560 g/mol. The number of nitrogens with two attached hydrogens (primary N) is 2. The summed E-state index contributed by atoms with van der Waals surface area (Å²) in [7, 11) is 0. The van der Waals surface area contributed by atoms with Crippen LogP contribution in [-0.2, 0) is 0 Å². The molecule has 1 aromatic heterocycles. The number of ether oxygens (including phenoxy) is 1. The first-order valence-corrected chi connectivity index (χ1v) is 13.2. The van der Waals surface area contributed by atoms with Gasteiger partial charge in [0.2, 0.25) is 0 Å². The molecule has 0 fully saturated rings. The zero-order valence-electron chi connectivity index (χ0n) is 21.8. The minimum absolute atomic E-state index is 0.00631. The van der Waals surface area contributed by atoms with Gasteiger partial charge in [0.15, 0.2) is 0 Å². The quantitative estimate of drug-likeness (QED) is 0.269. The number of benzene rings is 4. The van der Waals surface area contributed by atoms with E-state index in [1.807, 2.05) is 96.0 Å². The van der Waals surface area contributed by atoms with Crippen molar-refractivity contribution >= 4 is 28.9 Å². The Bertz CT molecular complexity index is 1830. The van der Waals surface area contributed by atoms with E-state index in [2.05, 4.69) is 28.2 Å². The average molecular weight is 561 g/mol. The Labute approximate surface area is 241 Å². The standard InChI is InChI=1S/C32H25ClN6O2/c33-26-20-39(31(40)37-30(26)35)28-13-7-5-11-25(28)22-14-16-23(17-15-22)41-32-36-29(34)18-19-38(32)27-12-6-4-10-24(27)21-8-2-1-3-9-21/h1-20,32H,(H2,34,36)(H2,35,37,40). The first kappa shape index (κ1) is 25.9. The van der Waals surface area contributed by atoms with Crippen molar-refractivity contribution in [1.29, 1.82) is 0 Å². The van der Waals surface area contributed by atoms with E-state index in [0.717, 1.165) is 27.9 Å². The Morgan fingerprint density at radius 3 is 2.10 bits per heavy atom. The summed E-state index contributed by atoms with van der Waals surface area (Å²) in [4.78, 5) is 23.0. The van der Waals surface area contributed by atoms with Crippen molar-refractivity contribution in [3.8, 4) is 33.7 Å². The molecule has 202 valence electrons. The van der Waals surface area contributed by atoms with Crippen LogP contribution in [0.5, 0.6) is 5.75 Å². The van der Waals surface area contributed by atoms with E-state index in [-0.39, 0.29) is 10.8 Å². The molecule has 0 amide bonds. The smallest absolute Gasteiger partial charge is 0.354 e. The van der Waals surface area contributed by atoms with Gasteiger partial charge in [0.05, 0.1) is 16.4 Å². The van der Waals surface area contributed by atoms with E-state index in [1.54, 1.807) is 6.08 Å². The summed E-state index contributed by atoms with van der Waals surface area (Å²) in [6, 6.07) is 33.3. The molecule has 0 saturated heterocycles. The van der Waals surface area contributed by atoms with Crippen LogP contribution in [-0.4, -0.2) is 21.7 Å². The van der Waals surface area contributed by atoms with Crippen LogP contribution in [0.25, 0.3) is 27.9 Å². The van der Waals surface area contributed by atoms with E-state index in [0.29, 0.717) is 17.3 Å². The number of anilines is 2. The van der Waals surface area contributed by atoms with Crippen molar-refractivity contribution in [2.75, 3.05) is 10.6 Å². The van der Waals surface area contributed by atoms with Gasteiger partial charge < -0.3 is 16.2 Å². The highest BCUT2D eigenvalue weighted by Crippen LogP contribution is 2.34. The van der Waals surface area contributed by atoms with Crippen molar-refractivity contribution in [3.63, 3.8) is 0 Å². The first-order valence-electron chi connectivity index (χ1n) is 12.8. The number of halogens is 1. The predicted molar refractivity (Wildman–Crippen MR) is 164 cm³/mol. The molecule has 1 atom stereocenters. The molecule has 1 aliphatic rings. The SMILES string of the molecule is NC1=NC(Oc2ccc(-c3ccccc3-n3cc(Cl)c(N)nc3=O)cc2)N(c2ccccc2-c2ccccc2)C=C1. The van der Waals surface area contributed by atoms with Crippen LogP contribution in [0.4, 0.5) is 11.5 Å². The molecule has 4 N–H and O–H groups in total. The molecule has 8 nitrogen and oxygen atoms in total. The van der Waals surface area contributed by atoms with Crippen LogP contribution in [0.15, 0.2) is 131 Å². The number of nitrogens with zero attached hydrogens (tertiary/aromatic N) is 4. The lowest BCUT2D eigenvalue weighted by Gasteiger charge is -2.32. The molecule has 0 saturated carbocycles. The van der Waals surface area contributed by atoms with E-state index in [4.69, 9.17) is 27.8 Å². The Hall–Kier alpha value is -5.34. The molecule has 2 heterocycles. The Balaban J connectivity index is 1.31. The molecule has 1 aliphatic heterocycles. The third-order valence-corrected chi connectivity index (χ3v) is 6.94. The highest BCUT2D eigenvalue weighted by Gasteiger charge is 2.24. The van der Waals surface area contributed by atoms with Gasteiger partial charge >= 0.3 is 5.69 Å². The minimum atomic E-state index is -0.718. The normalized spacial score (nSPS) is 14.5. The van der Waals surface area contributed by atoms with Gasteiger partial charge in [-0.3, -0.25) is 9.47 Å². The molecule has 9 heteroatoms. The number of hydrogen-bond acceptors (Lipinski definition) is 7. The zero-order chi connectivity index (χ0) is 28.3. The molecule has 5 aromatic rings. The van der Waals surface area contributed by atoms with Crippen LogP contribution in [0.2, 0.25) is 5.02 Å². The summed E-state index contributed by atoms with van der Waals surface area (Å²) in [5.74, 6) is 0.961. The van der Waals surface area contributed by atoms with E-state index < -0.39 is 12.0 Å². The number of para-hydroxylation sites is 2. The molecule has 1 unspecified atom stereocenters. The van der Waals surface area contributed by atoms with Gasteiger partial charge in [-0.1, -0.05) is 90.5 Å². The van der Waals surface area contributed by atoms with Crippen molar-refractivity contribution in [2.45, 2.75) is 6.35 Å². The summed E-state index contributed by atoms with van der Waals surface area (Å²) in [6.07, 6.45) is 4.39. The number of aromatic nitrogens is 2.